The smallest absolute Gasteiger partial charge is 0.261 e. The Kier molecular flexibility index (Phi) is 5.48. The van der Waals surface area contributed by atoms with Crippen molar-refractivity contribution in [3.05, 3.63) is 48.0 Å². The molecule has 2 fully saturated rings. The number of aromatic nitrogens is 4. The second-order valence-corrected chi connectivity index (χ2v) is 9.58. The predicted molar refractivity (Wildman–Crippen MR) is 127 cm³/mol. The van der Waals surface area contributed by atoms with Gasteiger partial charge in [0, 0.05) is 13.1 Å². The van der Waals surface area contributed by atoms with E-state index < -0.39 is 12.0 Å². The highest BCUT2D eigenvalue weighted by Gasteiger charge is 2.56. The van der Waals surface area contributed by atoms with Crippen LogP contribution in [0.2, 0.25) is 0 Å². The van der Waals surface area contributed by atoms with Crippen molar-refractivity contribution in [1.82, 2.24) is 29.7 Å². The highest BCUT2D eigenvalue weighted by Crippen LogP contribution is 2.43. The van der Waals surface area contributed by atoms with Crippen molar-refractivity contribution >= 4 is 28.8 Å². The van der Waals surface area contributed by atoms with E-state index in [0.29, 0.717) is 54.2 Å². The Hall–Kier alpha value is -3.45. The summed E-state index contributed by atoms with van der Waals surface area (Å²) in [7, 11) is 0. The average Bonchev–Trinajstić information content (AvgIpc) is 3.57. The number of imidazole rings is 1. The Balaban J connectivity index is 1.09. The monoisotopic (exact) mass is 493 g/mol. The predicted octanol–water partition coefficient (Wildman–Crippen LogP) is 1.10. The van der Waals surface area contributed by atoms with Gasteiger partial charge in [0.05, 0.1) is 17.5 Å². The van der Waals surface area contributed by atoms with Crippen LogP contribution in [-0.2, 0) is 14.2 Å². The summed E-state index contributed by atoms with van der Waals surface area (Å²) in [4.78, 5) is 39.1. The molecule has 0 saturated carbocycles. The summed E-state index contributed by atoms with van der Waals surface area (Å²) < 4.78 is 20.5. The van der Waals surface area contributed by atoms with Crippen LogP contribution in [0.15, 0.2) is 36.9 Å². The molecule has 0 radical (unpaired) electrons. The fraction of sp³-hybridized carbons (Fsp3) is 0.458. The fourth-order valence-corrected chi connectivity index (χ4v) is 5.15. The Labute approximate surface area is 206 Å². The van der Waals surface area contributed by atoms with Crippen molar-refractivity contribution in [2.24, 2.45) is 0 Å². The average molecular weight is 494 g/mol. The lowest BCUT2D eigenvalue weighted by Crippen LogP contribution is -2.39. The van der Waals surface area contributed by atoms with Crippen molar-refractivity contribution in [1.29, 1.82) is 0 Å². The minimum atomic E-state index is -0.758. The van der Waals surface area contributed by atoms with Gasteiger partial charge in [0.15, 0.2) is 23.5 Å². The van der Waals surface area contributed by atoms with Gasteiger partial charge in [-0.25, -0.2) is 15.0 Å². The van der Waals surface area contributed by atoms with Gasteiger partial charge in [-0.1, -0.05) is 12.1 Å². The number of nitrogen functional groups attached to an aromatic ring is 1. The number of carbonyl (C=O) groups excluding carboxylic acids is 2. The van der Waals surface area contributed by atoms with Crippen molar-refractivity contribution in [3.63, 3.8) is 0 Å². The molecule has 0 spiro atoms. The maximum atomic E-state index is 12.5. The van der Waals surface area contributed by atoms with E-state index >= 15 is 0 Å². The van der Waals surface area contributed by atoms with Gasteiger partial charge >= 0.3 is 0 Å². The van der Waals surface area contributed by atoms with E-state index in [-0.39, 0.29) is 30.1 Å². The van der Waals surface area contributed by atoms with Crippen molar-refractivity contribution in [2.45, 2.75) is 50.6 Å². The number of fused-ring (bicyclic) bond motifs is 3. The molecule has 12 heteroatoms. The third kappa shape index (κ3) is 3.73. The number of nitrogens with two attached hydrogens (primary N) is 1. The number of anilines is 1. The van der Waals surface area contributed by atoms with Gasteiger partial charge in [0.2, 0.25) is 0 Å². The third-order valence-corrected chi connectivity index (χ3v) is 6.75. The number of benzene rings is 1. The molecule has 188 valence electrons. The van der Waals surface area contributed by atoms with Crippen molar-refractivity contribution in [2.75, 3.05) is 25.4 Å². The first-order valence-electron chi connectivity index (χ1n) is 11.9. The Morgan fingerprint density at radius 1 is 1.06 bits per heavy atom. The Morgan fingerprint density at radius 3 is 2.53 bits per heavy atom. The van der Waals surface area contributed by atoms with Crippen LogP contribution in [-0.4, -0.2) is 80.0 Å². The molecule has 12 nitrogen and oxygen atoms in total. The molecule has 3 aromatic rings. The van der Waals surface area contributed by atoms with Crippen LogP contribution in [0.25, 0.3) is 11.2 Å². The van der Waals surface area contributed by atoms with Gasteiger partial charge in [-0.05, 0) is 38.9 Å². The zero-order valence-electron chi connectivity index (χ0n) is 20.0. The molecule has 5 heterocycles. The molecule has 1 aromatic carbocycles. The minimum absolute atomic E-state index is 0.240. The van der Waals surface area contributed by atoms with E-state index in [1.807, 2.05) is 13.8 Å². The second-order valence-electron chi connectivity index (χ2n) is 9.58. The largest absolute Gasteiger partial charge is 0.382 e. The zero-order chi connectivity index (χ0) is 25.0. The number of imide groups is 1. The van der Waals surface area contributed by atoms with E-state index in [2.05, 4.69) is 20.3 Å². The molecule has 36 heavy (non-hydrogen) atoms. The van der Waals surface area contributed by atoms with E-state index in [4.69, 9.17) is 19.9 Å². The molecule has 6 rings (SSSR count). The maximum absolute atomic E-state index is 12.5. The lowest BCUT2D eigenvalue weighted by molar-refractivity contribution is -0.195. The molecule has 3 aliphatic heterocycles. The normalized spacial score (nSPS) is 26.7. The van der Waals surface area contributed by atoms with Crippen LogP contribution in [0.5, 0.6) is 0 Å². The molecule has 1 unspecified atom stereocenters. The molecule has 2 amide bonds. The van der Waals surface area contributed by atoms with Gasteiger partial charge in [-0.3, -0.25) is 19.1 Å². The quantitative estimate of drug-likeness (QED) is 0.362. The topological polar surface area (TPSA) is 147 Å². The van der Waals surface area contributed by atoms with Crippen LogP contribution in [0.4, 0.5) is 5.82 Å². The minimum Gasteiger partial charge on any atom is -0.382 e. The molecule has 4 atom stereocenters. The first kappa shape index (κ1) is 23.0. The number of nitrogens with zero attached hydrogens (tertiary/aromatic N) is 5. The second kappa shape index (κ2) is 8.59. The summed E-state index contributed by atoms with van der Waals surface area (Å²) in [6, 6.07) is 6.91. The van der Waals surface area contributed by atoms with Crippen LogP contribution < -0.4 is 11.1 Å². The lowest BCUT2D eigenvalue weighted by Gasteiger charge is -2.25. The highest BCUT2D eigenvalue weighted by atomic mass is 16.8. The molecule has 0 aliphatic carbocycles. The molecule has 2 saturated heterocycles. The summed E-state index contributed by atoms with van der Waals surface area (Å²) in [5.74, 6) is -0.938. The number of carbonyl (C=O) groups is 2. The lowest BCUT2D eigenvalue weighted by atomic mass is 10.1. The van der Waals surface area contributed by atoms with Crippen LogP contribution in [0, 0.1) is 0 Å². The molecule has 3 N–H and O–H groups in total. The maximum Gasteiger partial charge on any atom is 0.261 e. The SMILES string of the molecule is CC1(C)O[C@@H]2[C@@H](CNCCCN3C(=O)c4ccccc4C3=O)OC(n3cnc4c(N)ncnc43)[C@@H]2O1. The number of hydrogen-bond donors (Lipinski definition) is 2. The fourth-order valence-electron chi connectivity index (χ4n) is 5.15. The Bertz CT molecular complexity index is 1310. The first-order valence-corrected chi connectivity index (χ1v) is 11.9. The number of ether oxygens (including phenoxy) is 3. The van der Waals surface area contributed by atoms with Crippen LogP contribution in [0.1, 0.15) is 47.2 Å². The standard InChI is InChI=1S/C24H27N7O5/c1-24(2)35-17-15(10-26-8-5-9-30-21(32)13-6-3-4-7-14(13)22(30)33)34-23(18(17)36-24)31-12-29-16-19(25)27-11-28-20(16)31/h3-4,6-7,11-12,15,17-18,23,26H,5,8-10H2,1-2H3,(H2,25,27,28)/t15-,17-,18-,23?/m1/s1. The summed E-state index contributed by atoms with van der Waals surface area (Å²) in [6.07, 6.45) is 2.18. The molecule has 2 aromatic heterocycles. The van der Waals surface area contributed by atoms with E-state index in [1.165, 1.54) is 11.2 Å². The van der Waals surface area contributed by atoms with Crippen molar-refractivity contribution < 1.29 is 23.8 Å². The van der Waals surface area contributed by atoms with Gasteiger partial charge in [0.25, 0.3) is 11.8 Å². The summed E-state index contributed by atoms with van der Waals surface area (Å²) in [6.45, 7) is 5.19. The summed E-state index contributed by atoms with van der Waals surface area (Å²) in [5, 5.41) is 3.37. The first-order chi connectivity index (χ1) is 17.3. The van der Waals surface area contributed by atoms with Crippen LogP contribution in [0.3, 0.4) is 0 Å². The molecule has 0 bridgehead atoms. The van der Waals surface area contributed by atoms with Gasteiger partial charge < -0.3 is 25.3 Å². The number of nitrogens with one attached hydrogen (secondary N) is 1. The van der Waals surface area contributed by atoms with Gasteiger partial charge in [0.1, 0.15) is 30.2 Å². The molecular formula is C24H27N7O5. The van der Waals surface area contributed by atoms with Crippen molar-refractivity contribution in [3.8, 4) is 0 Å². The number of rotatable bonds is 7. The van der Waals surface area contributed by atoms with E-state index in [0.717, 1.165) is 0 Å². The Morgan fingerprint density at radius 2 is 1.78 bits per heavy atom. The van der Waals surface area contributed by atoms with Crippen LogP contribution >= 0.6 is 0 Å². The van der Waals surface area contributed by atoms with Gasteiger partial charge in [-0.15, -0.1) is 0 Å². The highest BCUT2D eigenvalue weighted by molar-refractivity contribution is 6.21. The number of amides is 2. The summed E-state index contributed by atoms with van der Waals surface area (Å²) in [5.41, 5.74) is 7.95. The summed E-state index contributed by atoms with van der Waals surface area (Å²) >= 11 is 0. The molecular weight excluding hydrogens is 466 g/mol. The van der Waals surface area contributed by atoms with Gasteiger partial charge in [-0.2, -0.15) is 0 Å². The third-order valence-electron chi connectivity index (χ3n) is 6.75. The zero-order valence-corrected chi connectivity index (χ0v) is 20.0. The number of hydrogen-bond acceptors (Lipinski definition) is 10. The molecule has 3 aliphatic rings. The van der Waals surface area contributed by atoms with E-state index in [9.17, 15) is 9.59 Å². The van der Waals surface area contributed by atoms with E-state index in [1.54, 1.807) is 35.2 Å².